The highest BCUT2D eigenvalue weighted by molar-refractivity contribution is 6.35. The zero-order chi connectivity index (χ0) is 10.1. The van der Waals surface area contributed by atoms with Crippen molar-refractivity contribution in [1.82, 2.24) is 4.98 Å². The van der Waals surface area contributed by atoms with E-state index in [0.29, 0.717) is 5.92 Å². The molecule has 0 N–H and O–H groups in total. The van der Waals surface area contributed by atoms with Crippen LogP contribution in [0.4, 0.5) is 0 Å². The number of pyridine rings is 1. The lowest BCUT2D eigenvalue weighted by Gasteiger charge is -2.10. The second kappa shape index (κ2) is 3.58. The molecule has 0 fully saturated rings. The first-order valence-electron chi connectivity index (χ1n) is 4.72. The van der Waals surface area contributed by atoms with E-state index in [1.54, 1.807) is 0 Å². The van der Waals surface area contributed by atoms with Gasteiger partial charge in [-0.1, -0.05) is 31.5 Å². The van der Waals surface area contributed by atoms with Gasteiger partial charge in [-0.15, -0.1) is 0 Å². The molecule has 0 amide bonds. The summed E-state index contributed by atoms with van der Waals surface area (Å²) in [7, 11) is 0. The topological polar surface area (TPSA) is 12.9 Å². The van der Waals surface area contributed by atoms with Crippen LogP contribution in [-0.2, 0) is 0 Å². The number of nitrogens with zero attached hydrogens (tertiary/aromatic N) is 1. The summed E-state index contributed by atoms with van der Waals surface area (Å²) >= 11 is 6.09. The summed E-state index contributed by atoms with van der Waals surface area (Å²) in [4.78, 5) is 4.09. The number of benzene rings is 1. The Hall–Kier alpha value is -1.08. The lowest BCUT2D eigenvalue weighted by atomic mass is 9.97. The highest BCUT2D eigenvalue weighted by Gasteiger charge is 2.06. The fraction of sp³-hybridized carbons (Fsp3) is 0.250. The first-order chi connectivity index (χ1) is 6.70. The minimum absolute atomic E-state index is 0.511. The van der Waals surface area contributed by atoms with Gasteiger partial charge in [0, 0.05) is 22.8 Å². The summed E-state index contributed by atoms with van der Waals surface area (Å²) in [5.41, 5.74) is 1.33. The van der Waals surface area contributed by atoms with Crippen molar-refractivity contribution in [3.8, 4) is 0 Å². The highest BCUT2D eigenvalue weighted by Crippen LogP contribution is 2.29. The zero-order valence-corrected chi connectivity index (χ0v) is 9.05. The van der Waals surface area contributed by atoms with Crippen molar-refractivity contribution >= 4 is 22.4 Å². The third kappa shape index (κ3) is 1.48. The molecule has 1 heterocycles. The van der Waals surface area contributed by atoms with Crippen LogP contribution in [0.25, 0.3) is 10.8 Å². The number of hydrogen-bond acceptors (Lipinski definition) is 1. The molecule has 0 radical (unpaired) electrons. The van der Waals surface area contributed by atoms with E-state index in [2.05, 4.69) is 24.9 Å². The van der Waals surface area contributed by atoms with Gasteiger partial charge in [0.05, 0.1) is 0 Å². The molecule has 1 aromatic heterocycles. The molecule has 0 aliphatic rings. The molecule has 0 spiro atoms. The Balaban J connectivity index is 2.82. The van der Waals surface area contributed by atoms with Gasteiger partial charge in [0.15, 0.2) is 0 Å². The molecule has 2 aromatic rings. The molecule has 72 valence electrons. The Morgan fingerprint density at radius 1 is 1.14 bits per heavy atom. The summed E-state index contributed by atoms with van der Waals surface area (Å²) in [6.07, 6.45) is 3.63. The fourth-order valence-electron chi connectivity index (χ4n) is 1.68. The lowest BCUT2D eigenvalue weighted by molar-refractivity contribution is 0.876. The summed E-state index contributed by atoms with van der Waals surface area (Å²) < 4.78 is 0. The number of rotatable bonds is 1. The summed E-state index contributed by atoms with van der Waals surface area (Å²) in [6.45, 7) is 4.37. The van der Waals surface area contributed by atoms with E-state index in [9.17, 15) is 0 Å². The van der Waals surface area contributed by atoms with Gasteiger partial charge in [-0.05, 0) is 29.0 Å². The van der Waals surface area contributed by atoms with E-state index in [4.69, 9.17) is 11.6 Å². The summed E-state index contributed by atoms with van der Waals surface area (Å²) in [5, 5.41) is 3.03. The molecule has 0 saturated carbocycles. The monoisotopic (exact) mass is 205 g/mol. The third-order valence-corrected chi connectivity index (χ3v) is 2.75. The maximum absolute atomic E-state index is 6.09. The molecule has 2 rings (SSSR count). The molecule has 1 aromatic carbocycles. The first kappa shape index (κ1) is 9.47. The predicted octanol–water partition coefficient (Wildman–Crippen LogP) is 4.01. The molecular formula is C12H12ClN. The predicted molar refractivity (Wildman–Crippen MR) is 60.8 cm³/mol. The van der Waals surface area contributed by atoms with Gasteiger partial charge in [0.2, 0.25) is 0 Å². The van der Waals surface area contributed by atoms with E-state index < -0.39 is 0 Å². The molecule has 0 aliphatic heterocycles. The third-order valence-electron chi connectivity index (χ3n) is 2.42. The van der Waals surface area contributed by atoms with Crippen molar-refractivity contribution < 1.29 is 0 Å². The Bertz CT molecular complexity index is 463. The fourth-order valence-corrected chi connectivity index (χ4v) is 1.90. The summed E-state index contributed by atoms with van der Waals surface area (Å²) in [5.74, 6) is 0.511. The highest BCUT2D eigenvalue weighted by atomic mass is 35.5. The smallest absolute Gasteiger partial charge is 0.0500 e. The van der Waals surface area contributed by atoms with Gasteiger partial charge in [0.25, 0.3) is 0 Å². The SMILES string of the molecule is CC(C)c1ccc(Cl)c2cnccc12. The van der Waals surface area contributed by atoms with E-state index in [0.717, 1.165) is 10.4 Å². The Morgan fingerprint density at radius 3 is 2.64 bits per heavy atom. The molecule has 2 heteroatoms. The molecule has 0 atom stereocenters. The largest absolute Gasteiger partial charge is 0.264 e. The van der Waals surface area contributed by atoms with Crippen molar-refractivity contribution in [3.63, 3.8) is 0 Å². The van der Waals surface area contributed by atoms with Gasteiger partial charge in [-0.25, -0.2) is 0 Å². The average molecular weight is 206 g/mol. The van der Waals surface area contributed by atoms with Gasteiger partial charge < -0.3 is 0 Å². The number of aromatic nitrogens is 1. The van der Waals surface area contributed by atoms with Gasteiger partial charge in [-0.2, -0.15) is 0 Å². The zero-order valence-electron chi connectivity index (χ0n) is 8.29. The maximum Gasteiger partial charge on any atom is 0.0500 e. The van der Waals surface area contributed by atoms with Gasteiger partial charge in [-0.3, -0.25) is 4.98 Å². The van der Waals surface area contributed by atoms with Crippen molar-refractivity contribution in [1.29, 1.82) is 0 Å². The minimum Gasteiger partial charge on any atom is -0.264 e. The van der Waals surface area contributed by atoms with Crippen molar-refractivity contribution in [3.05, 3.63) is 41.2 Å². The normalized spacial score (nSPS) is 11.1. The van der Waals surface area contributed by atoms with Crippen LogP contribution in [0.1, 0.15) is 25.3 Å². The van der Waals surface area contributed by atoms with Crippen LogP contribution in [0, 0.1) is 0 Å². The molecular weight excluding hydrogens is 194 g/mol. The standard InChI is InChI=1S/C12H12ClN/c1-8(2)9-3-4-12(13)11-7-14-6-5-10(9)11/h3-8H,1-2H3. The van der Waals surface area contributed by atoms with Crippen LogP contribution in [0.5, 0.6) is 0 Å². The molecule has 14 heavy (non-hydrogen) atoms. The molecule has 0 aliphatic carbocycles. The van der Waals surface area contributed by atoms with Crippen LogP contribution in [-0.4, -0.2) is 4.98 Å². The minimum atomic E-state index is 0.511. The van der Waals surface area contributed by atoms with Crippen molar-refractivity contribution in [2.75, 3.05) is 0 Å². The van der Waals surface area contributed by atoms with Crippen LogP contribution in [0.15, 0.2) is 30.6 Å². The number of hydrogen-bond donors (Lipinski definition) is 0. The number of halogens is 1. The Morgan fingerprint density at radius 2 is 1.93 bits per heavy atom. The van der Waals surface area contributed by atoms with Crippen LogP contribution in [0.2, 0.25) is 5.02 Å². The second-order valence-corrected chi connectivity index (χ2v) is 4.12. The Labute approximate surface area is 88.7 Å². The molecule has 0 unspecified atom stereocenters. The van der Waals surface area contributed by atoms with Crippen molar-refractivity contribution in [2.24, 2.45) is 0 Å². The van der Waals surface area contributed by atoms with E-state index >= 15 is 0 Å². The average Bonchev–Trinajstić information content (AvgIpc) is 2.18. The van der Waals surface area contributed by atoms with Crippen LogP contribution in [0.3, 0.4) is 0 Å². The molecule has 1 nitrogen and oxygen atoms in total. The van der Waals surface area contributed by atoms with Gasteiger partial charge in [0.1, 0.15) is 0 Å². The maximum atomic E-state index is 6.09. The quantitative estimate of drug-likeness (QED) is 0.686. The molecule has 0 saturated heterocycles. The second-order valence-electron chi connectivity index (χ2n) is 3.71. The summed E-state index contributed by atoms with van der Waals surface area (Å²) in [6, 6.07) is 6.06. The Kier molecular flexibility index (Phi) is 2.42. The van der Waals surface area contributed by atoms with E-state index in [-0.39, 0.29) is 0 Å². The van der Waals surface area contributed by atoms with E-state index in [1.807, 2.05) is 24.5 Å². The van der Waals surface area contributed by atoms with E-state index in [1.165, 1.54) is 10.9 Å². The van der Waals surface area contributed by atoms with Crippen LogP contribution >= 0.6 is 11.6 Å². The molecule has 0 bridgehead atoms. The van der Waals surface area contributed by atoms with Crippen molar-refractivity contribution in [2.45, 2.75) is 19.8 Å². The van der Waals surface area contributed by atoms with Gasteiger partial charge >= 0.3 is 0 Å². The number of fused-ring (bicyclic) bond motifs is 1. The van der Waals surface area contributed by atoms with Crippen LogP contribution < -0.4 is 0 Å². The lowest BCUT2D eigenvalue weighted by Crippen LogP contribution is -1.90. The first-order valence-corrected chi connectivity index (χ1v) is 5.10.